The molecule has 16 heteroatoms. The van der Waals surface area contributed by atoms with Crippen molar-refractivity contribution in [3.63, 3.8) is 0 Å². The Hall–Kier alpha value is -6.70. The molecular formula is C48H43ClFN7O6S. The maximum absolute atomic E-state index is 14.2. The number of rotatable bonds is 8. The van der Waals surface area contributed by atoms with Crippen molar-refractivity contribution >= 4 is 44.7 Å². The number of aliphatic carboxylic acids is 1. The van der Waals surface area contributed by atoms with Gasteiger partial charge in [0.15, 0.2) is 5.82 Å². The summed E-state index contributed by atoms with van der Waals surface area (Å²) in [5, 5.41) is 21.3. The average molecular weight is 900 g/mol. The van der Waals surface area contributed by atoms with Gasteiger partial charge >= 0.3 is 5.97 Å². The van der Waals surface area contributed by atoms with Crippen LogP contribution in [0.4, 0.5) is 4.39 Å². The minimum atomic E-state index is -1.47. The molecule has 1 N–H and O–H groups in total. The van der Waals surface area contributed by atoms with Crippen LogP contribution in [-0.2, 0) is 22.6 Å². The minimum absolute atomic E-state index is 0.00403. The van der Waals surface area contributed by atoms with Crippen molar-refractivity contribution < 1.29 is 33.2 Å². The number of carboxylic acid groups (broad SMARTS) is 1. The maximum Gasteiger partial charge on any atom is 0.345 e. The van der Waals surface area contributed by atoms with Gasteiger partial charge in [0.25, 0.3) is 0 Å². The summed E-state index contributed by atoms with van der Waals surface area (Å²) in [6, 6.07) is 22.2. The summed E-state index contributed by atoms with van der Waals surface area (Å²) in [7, 11) is 2.10. The number of carbonyl (C=O) groups is 1. The molecule has 0 aliphatic carbocycles. The van der Waals surface area contributed by atoms with Crippen LogP contribution in [0, 0.1) is 17.1 Å². The Morgan fingerprint density at radius 1 is 1.05 bits per heavy atom. The molecule has 3 aromatic carbocycles. The number of halogens is 2. The molecule has 0 radical (unpaired) electrons. The second kappa shape index (κ2) is 19.8. The van der Waals surface area contributed by atoms with E-state index >= 15 is 0 Å². The smallest absolute Gasteiger partial charge is 0.345 e. The van der Waals surface area contributed by atoms with Gasteiger partial charge in [0.2, 0.25) is 12.0 Å². The first-order valence-electron chi connectivity index (χ1n) is 20.5. The standard InChI is InChI=1S/C48H43ClFN7O6S/c1-29-8-14-39(30(2)49)62-37(25-57-20-18-56(3)19-21-57)27-60-36-13-15-40(61-26-35-16-17-52-45(55-35)38-7-5-4-6-32(38)24-51)33(22-36)23-41(48(58)59)63-46-43-42(29)44(64-47(43)54-28-53-46)31-9-11-34(50)12-10-31/h4-17,22,28,37,41H,1,18-21,23,25-27H2,2-3H3,(H,58,59)/b14-8-,39-30-/t37-,41-/m1/s1. The Bertz CT molecular complexity index is 2800. The van der Waals surface area contributed by atoms with Crippen molar-refractivity contribution in [2.75, 3.05) is 46.4 Å². The largest absolute Gasteiger partial charge is 0.490 e. The van der Waals surface area contributed by atoms with Crippen LogP contribution in [-0.4, -0.2) is 99.4 Å². The van der Waals surface area contributed by atoms with E-state index < -0.39 is 24.0 Å². The number of hydrogen-bond donors (Lipinski definition) is 1. The summed E-state index contributed by atoms with van der Waals surface area (Å²) in [6.07, 6.45) is 4.31. The first-order valence-corrected chi connectivity index (χ1v) is 21.7. The van der Waals surface area contributed by atoms with E-state index in [2.05, 4.69) is 49.4 Å². The Morgan fingerprint density at radius 2 is 1.84 bits per heavy atom. The van der Waals surface area contributed by atoms with Crippen molar-refractivity contribution in [2.45, 2.75) is 32.2 Å². The fourth-order valence-electron chi connectivity index (χ4n) is 7.41. The van der Waals surface area contributed by atoms with E-state index in [0.29, 0.717) is 88.8 Å². The molecule has 64 heavy (non-hydrogen) atoms. The van der Waals surface area contributed by atoms with Crippen LogP contribution in [0.15, 0.2) is 115 Å². The highest BCUT2D eigenvalue weighted by atomic mass is 35.5. The number of carboxylic acids is 1. The number of nitriles is 1. The van der Waals surface area contributed by atoms with Gasteiger partial charge in [0.1, 0.15) is 53.6 Å². The van der Waals surface area contributed by atoms with Gasteiger partial charge in [0.05, 0.1) is 27.7 Å². The summed E-state index contributed by atoms with van der Waals surface area (Å²) >= 11 is 8.05. The molecule has 2 aliphatic heterocycles. The SMILES string of the molecule is C=C1/C=C\C(=C(/C)Cl)O[C@H](CN2CCN(C)CC2)COc2ccc(OCc3ccnc(-c4ccccc4C#N)n3)c(c2)C[C@H](C(=O)O)Oc2ncnc3sc(-c4ccc(F)cc4)c1c23. The van der Waals surface area contributed by atoms with Crippen molar-refractivity contribution in [3.05, 3.63) is 143 Å². The lowest BCUT2D eigenvalue weighted by Crippen LogP contribution is -2.48. The van der Waals surface area contributed by atoms with Gasteiger partial charge in [0, 0.05) is 66.9 Å². The van der Waals surface area contributed by atoms with Crippen LogP contribution in [0.1, 0.15) is 29.3 Å². The zero-order valence-electron chi connectivity index (χ0n) is 35.0. The predicted molar refractivity (Wildman–Crippen MR) is 243 cm³/mol. The molecule has 326 valence electrons. The molecule has 1 fully saturated rings. The number of likely N-dealkylation sites (N-methyl/N-ethyl adjacent to an activating group) is 1. The van der Waals surface area contributed by atoms with Gasteiger partial charge in [-0.1, -0.05) is 48.5 Å². The molecule has 6 aromatic rings. The molecule has 8 rings (SSSR count). The van der Waals surface area contributed by atoms with E-state index in [0.717, 1.165) is 26.2 Å². The van der Waals surface area contributed by atoms with Gasteiger partial charge in [-0.05, 0) is 79.7 Å². The number of aromatic nitrogens is 4. The van der Waals surface area contributed by atoms with Crippen LogP contribution < -0.4 is 14.2 Å². The summed E-state index contributed by atoms with van der Waals surface area (Å²) in [5.74, 6) is -0.0382. The Balaban J connectivity index is 1.20. The van der Waals surface area contributed by atoms with Gasteiger partial charge in [-0.3, -0.25) is 4.90 Å². The van der Waals surface area contributed by atoms with E-state index in [-0.39, 0.29) is 25.5 Å². The van der Waals surface area contributed by atoms with E-state index in [1.807, 2.05) is 6.07 Å². The van der Waals surface area contributed by atoms with E-state index in [9.17, 15) is 19.6 Å². The van der Waals surface area contributed by atoms with Gasteiger partial charge < -0.3 is 29.0 Å². The predicted octanol–water partition coefficient (Wildman–Crippen LogP) is 8.54. The topological polar surface area (TPSA) is 156 Å². The second-order valence-electron chi connectivity index (χ2n) is 15.3. The number of fused-ring (bicyclic) bond motifs is 2. The Morgan fingerprint density at radius 3 is 2.61 bits per heavy atom. The highest BCUT2D eigenvalue weighted by Gasteiger charge is 2.29. The highest BCUT2D eigenvalue weighted by Crippen LogP contribution is 2.45. The average Bonchev–Trinajstić information content (AvgIpc) is 3.70. The zero-order valence-corrected chi connectivity index (χ0v) is 36.6. The summed E-state index contributed by atoms with van der Waals surface area (Å²) in [6.45, 7) is 10.3. The molecule has 2 bridgehead atoms. The number of nitrogens with zero attached hydrogens (tertiary/aromatic N) is 7. The fraction of sp³-hybridized carbons (Fsp3) is 0.250. The van der Waals surface area contributed by atoms with Crippen molar-refractivity contribution in [1.82, 2.24) is 29.7 Å². The third-order valence-corrected chi connectivity index (χ3v) is 12.1. The summed E-state index contributed by atoms with van der Waals surface area (Å²) in [5.41, 5.74) is 3.78. The van der Waals surface area contributed by atoms with Crippen LogP contribution in [0.5, 0.6) is 17.4 Å². The molecule has 2 aliphatic rings. The first kappa shape index (κ1) is 43.9. The van der Waals surface area contributed by atoms with Crippen LogP contribution in [0.2, 0.25) is 0 Å². The molecule has 3 aromatic heterocycles. The van der Waals surface area contributed by atoms with Crippen LogP contribution in [0.3, 0.4) is 0 Å². The third kappa shape index (κ3) is 10.2. The quantitative estimate of drug-likeness (QED) is 0.155. The van der Waals surface area contributed by atoms with Gasteiger partial charge in [-0.25, -0.2) is 29.1 Å². The molecule has 0 spiro atoms. The third-order valence-electron chi connectivity index (χ3n) is 10.8. The maximum atomic E-state index is 14.2. The van der Waals surface area contributed by atoms with E-state index in [1.54, 1.807) is 79.9 Å². The minimum Gasteiger partial charge on any atom is -0.490 e. The molecule has 0 saturated carbocycles. The lowest BCUT2D eigenvalue weighted by atomic mass is 10.00. The molecule has 1 saturated heterocycles. The Kier molecular flexibility index (Phi) is 13.6. The van der Waals surface area contributed by atoms with E-state index in [4.69, 9.17) is 30.5 Å². The fourth-order valence-corrected chi connectivity index (χ4v) is 8.69. The molecule has 2 atom stereocenters. The van der Waals surface area contributed by atoms with Gasteiger partial charge in [-0.15, -0.1) is 11.3 Å². The molecular weight excluding hydrogens is 857 g/mol. The second-order valence-corrected chi connectivity index (χ2v) is 16.9. The number of allylic oxidation sites excluding steroid dienone is 4. The number of piperazine rings is 1. The molecule has 5 heterocycles. The summed E-state index contributed by atoms with van der Waals surface area (Å²) < 4.78 is 40.1. The van der Waals surface area contributed by atoms with Crippen molar-refractivity contribution in [1.29, 1.82) is 5.26 Å². The number of thiophene rings is 1. The summed E-state index contributed by atoms with van der Waals surface area (Å²) in [4.78, 5) is 37.0. The zero-order chi connectivity index (χ0) is 44.7. The van der Waals surface area contributed by atoms with Crippen molar-refractivity contribution in [2.24, 2.45) is 0 Å². The normalized spacial score (nSPS) is 18.8. The highest BCUT2D eigenvalue weighted by molar-refractivity contribution is 7.22. The van der Waals surface area contributed by atoms with Crippen LogP contribution in [0.25, 0.3) is 37.6 Å². The number of ether oxygens (including phenoxy) is 4. The monoisotopic (exact) mass is 899 g/mol. The van der Waals surface area contributed by atoms with Crippen LogP contribution >= 0.6 is 22.9 Å². The van der Waals surface area contributed by atoms with Crippen molar-refractivity contribution in [3.8, 4) is 45.3 Å². The van der Waals surface area contributed by atoms with E-state index in [1.165, 1.54) is 29.8 Å². The lowest BCUT2D eigenvalue weighted by Gasteiger charge is -2.34. The Labute approximate surface area is 378 Å². The number of hydrogen-bond acceptors (Lipinski definition) is 13. The molecule has 13 nitrogen and oxygen atoms in total. The lowest BCUT2D eigenvalue weighted by molar-refractivity contribution is -0.145. The molecule has 0 amide bonds. The first-order chi connectivity index (χ1) is 31.0. The molecule has 0 unspecified atom stereocenters. The number of benzene rings is 3. The van der Waals surface area contributed by atoms with Gasteiger partial charge in [-0.2, -0.15) is 5.26 Å².